The molecule has 0 radical (unpaired) electrons. The number of hydrogen-bond acceptors (Lipinski definition) is 2. The van der Waals surface area contributed by atoms with Crippen molar-refractivity contribution in [1.29, 1.82) is 0 Å². The number of allylic oxidation sites excluding steroid dienone is 2. The maximum atomic E-state index is 10.6. The Morgan fingerprint density at radius 2 is 1.52 bits per heavy atom. The molecule has 2 heteroatoms. The highest BCUT2D eigenvalue weighted by molar-refractivity contribution is 6.07. The van der Waals surface area contributed by atoms with E-state index in [4.69, 9.17) is 4.99 Å². The van der Waals surface area contributed by atoms with Gasteiger partial charge < -0.3 is 5.11 Å². The Labute approximate surface area is 153 Å². The minimum atomic E-state index is -0.647. The van der Waals surface area contributed by atoms with Crippen LogP contribution < -0.4 is 0 Å². The number of aliphatic hydroxyl groups is 1. The first-order valence-electron chi connectivity index (χ1n) is 9.33. The van der Waals surface area contributed by atoms with Crippen LogP contribution in [0.4, 0.5) is 5.69 Å². The molecule has 1 aromatic carbocycles. The number of para-hydroxylation sites is 1. The quantitative estimate of drug-likeness (QED) is 0.688. The van der Waals surface area contributed by atoms with Crippen LogP contribution in [-0.4, -0.2) is 16.9 Å². The Bertz CT molecular complexity index is 701. The summed E-state index contributed by atoms with van der Waals surface area (Å²) in [6.45, 7) is 17.5. The van der Waals surface area contributed by atoms with Crippen molar-refractivity contribution < 1.29 is 5.11 Å². The molecule has 1 atom stereocenters. The molecule has 0 fully saturated rings. The first kappa shape index (κ1) is 19.7. The summed E-state index contributed by atoms with van der Waals surface area (Å²) in [6.07, 6.45) is 3.27. The van der Waals surface area contributed by atoms with Crippen LogP contribution in [0.3, 0.4) is 0 Å². The van der Waals surface area contributed by atoms with E-state index in [-0.39, 0.29) is 5.41 Å². The fourth-order valence-electron chi connectivity index (χ4n) is 3.49. The van der Waals surface area contributed by atoms with Crippen LogP contribution >= 0.6 is 0 Å². The second-order valence-corrected chi connectivity index (χ2v) is 8.68. The summed E-state index contributed by atoms with van der Waals surface area (Å²) in [7, 11) is 0. The second-order valence-electron chi connectivity index (χ2n) is 8.68. The number of nitrogens with zero attached hydrogens (tertiary/aromatic N) is 1. The maximum Gasteiger partial charge on any atom is 0.115 e. The Morgan fingerprint density at radius 3 is 1.96 bits per heavy atom. The lowest BCUT2D eigenvalue weighted by Crippen LogP contribution is -2.26. The molecule has 136 valence electrons. The van der Waals surface area contributed by atoms with Crippen molar-refractivity contribution in [1.82, 2.24) is 0 Å². The summed E-state index contributed by atoms with van der Waals surface area (Å²) in [6, 6.07) is 6.43. The van der Waals surface area contributed by atoms with Gasteiger partial charge in [-0.3, -0.25) is 0 Å². The lowest BCUT2D eigenvalue weighted by Gasteiger charge is -2.28. The van der Waals surface area contributed by atoms with Gasteiger partial charge in [-0.1, -0.05) is 72.7 Å². The molecule has 0 heterocycles. The summed E-state index contributed by atoms with van der Waals surface area (Å²) in [5.41, 5.74) is 6.66. The molecule has 0 saturated heterocycles. The SMILES string of the molecule is CC1=C(C(C)(C)C)C=CC(O)C1=Nc1c(C(C)C)cccc1C(C)C. The zero-order valence-corrected chi connectivity index (χ0v) is 17.0. The average molecular weight is 340 g/mol. The molecule has 0 saturated carbocycles. The van der Waals surface area contributed by atoms with E-state index in [0.717, 1.165) is 17.0 Å². The largest absolute Gasteiger partial charge is 0.383 e. The molecule has 1 N–H and O–H groups in total. The smallest absolute Gasteiger partial charge is 0.115 e. The third-order valence-electron chi connectivity index (χ3n) is 4.90. The van der Waals surface area contributed by atoms with Gasteiger partial charge in [-0.05, 0) is 52.5 Å². The van der Waals surface area contributed by atoms with Crippen molar-refractivity contribution in [3.8, 4) is 0 Å². The Balaban J connectivity index is 2.71. The van der Waals surface area contributed by atoms with Gasteiger partial charge >= 0.3 is 0 Å². The monoisotopic (exact) mass is 339 g/mol. The molecule has 0 bridgehead atoms. The van der Waals surface area contributed by atoms with E-state index in [1.54, 1.807) is 0 Å². The predicted molar refractivity (Wildman–Crippen MR) is 109 cm³/mol. The minimum Gasteiger partial charge on any atom is -0.383 e. The van der Waals surface area contributed by atoms with E-state index in [9.17, 15) is 5.11 Å². The van der Waals surface area contributed by atoms with Crippen molar-refractivity contribution in [3.63, 3.8) is 0 Å². The Hall–Kier alpha value is -1.67. The summed E-state index contributed by atoms with van der Waals surface area (Å²) in [5, 5.41) is 10.6. The number of aliphatic hydroxyl groups excluding tert-OH is 1. The molecule has 0 aromatic heterocycles. The predicted octanol–water partition coefficient (Wildman–Crippen LogP) is 6.30. The van der Waals surface area contributed by atoms with Crippen LogP contribution in [0.1, 0.15) is 78.4 Å². The van der Waals surface area contributed by atoms with Crippen molar-refractivity contribution in [2.75, 3.05) is 0 Å². The van der Waals surface area contributed by atoms with Gasteiger partial charge in [0.2, 0.25) is 0 Å². The second kappa shape index (κ2) is 7.29. The summed E-state index contributed by atoms with van der Waals surface area (Å²) >= 11 is 0. The first-order chi connectivity index (χ1) is 11.5. The molecule has 1 unspecified atom stereocenters. The number of benzene rings is 1. The fourth-order valence-corrected chi connectivity index (χ4v) is 3.49. The highest BCUT2D eigenvalue weighted by Gasteiger charge is 2.26. The van der Waals surface area contributed by atoms with E-state index in [2.05, 4.69) is 79.7 Å². The molecule has 1 aromatic rings. The molecule has 0 spiro atoms. The van der Waals surface area contributed by atoms with Crippen LogP contribution in [0.15, 0.2) is 46.5 Å². The van der Waals surface area contributed by atoms with E-state index < -0.39 is 6.10 Å². The Kier molecular flexibility index (Phi) is 5.73. The van der Waals surface area contributed by atoms with Crippen molar-refractivity contribution in [2.45, 2.75) is 73.3 Å². The zero-order chi connectivity index (χ0) is 18.9. The number of hydrogen-bond donors (Lipinski definition) is 1. The van der Waals surface area contributed by atoms with Gasteiger partial charge in [0.25, 0.3) is 0 Å². The molecule has 2 rings (SSSR count). The normalized spacial score (nSPS) is 20.3. The standard InChI is InChI=1S/C23H33NO/c1-14(2)17-10-9-11-18(15(3)4)22(17)24-21-16(5)19(23(6,7)8)12-13-20(21)25/h9-15,20,25H,1-8H3. The maximum absolute atomic E-state index is 10.6. The van der Waals surface area contributed by atoms with Crippen LogP contribution in [0, 0.1) is 5.41 Å². The molecule has 0 amide bonds. The molecule has 1 aliphatic carbocycles. The third kappa shape index (κ3) is 4.12. The molecule has 1 aliphatic rings. The van der Waals surface area contributed by atoms with Gasteiger partial charge in [0.15, 0.2) is 0 Å². The topological polar surface area (TPSA) is 32.6 Å². The van der Waals surface area contributed by atoms with Gasteiger partial charge in [0, 0.05) is 0 Å². The van der Waals surface area contributed by atoms with Crippen LogP contribution in [0.5, 0.6) is 0 Å². The summed E-state index contributed by atoms with van der Waals surface area (Å²) < 4.78 is 0. The van der Waals surface area contributed by atoms with Crippen molar-refractivity contribution >= 4 is 11.4 Å². The zero-order valence-electron chi connectivity index (χ0n) is 17.0. The fraction of sp³-hybridized carbons (Fsp3) is 0.522. The lowest BCUT2D eigenvalue weighted by molar-refractivity contribution is 0.287. The lowest BCUT2D eigenvalue weighted by atomic mass is 9.79. The number of rotatable bonds is 3. The molecular formula is C23H33NO. The minimum absolute atomic E-state index is 0.0277. The molecule has 2 nitrogen and oxygen atoms in total. The first-order valence-corrected chi connectivity index (χ1v) is 9.33. The number of aliphatic imine (C=N–C) groups is 1. The van der Waals surface area contributed by atoms with Gasteiger partial charge in [-0.25, -0.2) is 4.99 Å². The van der Waals surface area contributed by atoms with E-state index in [1.165, 1.54) is 16.7 Å². The van der Waals surface area contributed by atoms with E-state index in [0.29, 0.717) is 11.8 Å². The summed E-state index contributed by atoms with van der Waals surface area (Å²) in [4.78, 5) is 5.04. The van der Waals surface area contributed by atoms with Gasteiger partial charge in [0.1, 0.15) is 6.10 Å². The molecule has 0 aliphatic heterocycles. The van der Waals surface area contributed by atoms with Gasteiger partial charge in [-0.2, -0.15) is 0 Å². The molecule has 25 heavy (non-hydrogen) atoms. The highest BCUT2D eigenvalue weighted by atomic mass is 16.3. The highest BCUT2D eigenvalue weighted by Crippen LogP contribution is 2.38. The van der Waals surface area contributed by atoms with Gasteiger partial charge in [-0.15, -0.1) is 0 Å². The van der Waals surface area contributed by atoms with E-state index in [1.807, 2.05) is 6.08 Å². The molecular weight excluding hydrogens is 306 g/mol. The van der Waals surface area contributed by atoms with Crippen molar-refractivity contribution in [2.24, 2.45) is 10.4 Å². The van der Waals surface area contributed by atoms with Crippen molar-refractivity contribution in [3.05, 3.63) is 52.6 Å². The van der Waals surface area contributed by atoms with Crippen LogP contribution in [0.2, 0.25) is 0 Å². The third-order valence-corrected chi connectivity index (χ3v) is 4.90. The Morgan fingerprint density at radius 1 is 1.00 bits per heavy atom. The van der Waals surface area contributed by atoms with Crippen LogP contribution in [0.25, 0.3) is 0 Å². The average Bonchev–Trinajstić information content (AvgIpc) is 2.49. The van der Waals surface area contributed by atoms with E-state index >= 15 is 0 Å². The van der Waals surface area contributed by atoms with Crippen LogP contribution in [-0.2, 0) is 0 Å². The van der Waals surface area contributed by atoms with Gasteiger partial charge in [0.05, 0.1) is 11.4 Å². The summed E-state index contributed by atoms with van der Waals surface area (Å²) in [5.74, 6) is 0.779.